The van der Waals surface area contributed by atoms with Crippen LogP contribution in [0.15, 0.2) is 0 Å². The van der Waals surface area contributed by atoms with Crippen LogP contribution in [0.5, 0.6) is 0 Å². The summed E-state index contributed by atoms with van der Waals surface area (Å²) in [6, 6.07) is 0. The van der Waals surface area contributed by atoms with E-state index in [1.807, 2.05) is 0 Å². The molecular formula is C19H35I. The van der Waals surface area contributed by atoms with Gasteiger partial charge in [0.15, 0.2) is 0 Å². The van der Waals surface area contributed by atoms with Crippen molar-refractivity contribution >= 4 is 22.6 Å². The fourth-order valence-corrected chi connectivity index (χ4v) is 5.76. The Kier molecular flexibility index (Phi) is 6.69. The molecule has 0 spiro atoms. The molecule has 0 amide bonds. The SMILES string of the molecule is CCCC(C)(C)C[C@H]1CC1[C@H](I)CCC1CCCCC1. The van der Waals surface area contributed by atoms with E-state index in [2.05, 4.69) is 43.4 Å². The predicted octanol–water partition coefficient (Wildman–Crippen LogP) is 7.00. The summed E-state index contributed by atoms with van der Waals surface area (Å²) in [6.07, 6.45) is 16.4. The minimum atomic E-state index is 0.591. The van der Waals surface area contributed by atoms with Crippen molar-refractivity contribution in [1.82, 2.24) is 0 Å². The summed E-state index contributed by atoms with van der Waals surface area (Å²) in [5, 5.41) is 0. The maximum Gasteiger partial charge on any atom is 0.0141 e. The van der Waals surface area contributed by atoms with Crippen LogP contribution >= 0.6 is 22.6 Å². The lowest BCUT2D eigenvalue weighted by atomic mass is 9.82. The number of alkyl halides is 1. The van der Waals surface area contributed by atoms with E-state index in [0.29, 0.717) is 5.41 Å². The lowest BCUT2D eigenvalue weighted by molar-refractivity contribution is 0.278. The molecular weight excluding hydrogens is 355 g/mol. The van der Waals surface area contributed by atoms with E-state index in [-0.39, 0.29) is 0 Å². The van der Waals surface area contributed by atoms with E-state index in [4.69, 9.17) is 0 Å². The van der Waals surface area contributed by atoms with Crippen LogP contribution in [0.3, 0.4) is 0 Å². The Labute approximate surface area is 141 Å². The van der Waals surface area contributed by atoms with Gasteiger partial charge in [0.1, 0.15) is 0 Å². The number of hydrogen-bond acceptors (Lipinski definition) is 0. The van der Waals surface area contributed by atoms with Gasteiger partial charge in [0.2, 0.25) is 0 Å². The van der Waals surface area contributed by atoms with Crippen LogP contribution in [0, 0.1) is 23.2 Å². The molecule has 0 N–H and O–H groups in total. The highest BCUT2D eigenvalue weighted by atomic mass is 127. The Bertz CT molecular complexity index is 277. The predicted molar refractivity (Wildman–Crippen MR) is 98.5 cm³/mol. The van der Waals surface area contributed by atoms with Gasteiger partial charge in [-0.15, -0.1) is 0 Å². The van der Waals surface area contributed by atoms with Crippen LogP contribution in [0.25, 0.3) is 0 Å². The van der Waals surface area contributed by atoms with Crippen molar-refractivity contribution in [3.05, 3.63) is 0 Å². The molecule has 118 valence electrons. The summed E-state index contributed by atoms with van der Waals surface area (Å²) in [7, 11) is 0. The van der Waals surface area contributed by atoms with Crippen LogP contribution in [0.1, 0.15) is 91.4 Å². The fraction of sp³-hybridized carbons (Fsp3) is 1.00. The van der Waals surface area contributed by atoms with Crippen molar-refractivity contribution in [1.29, 1.82) is 0 Å². The van der Waals surface area contributed by atoms with E-state index in [1.165, 1.54) is 70.6 Å². The van der Waals surface area contributed by atoms with E-state index in [0.717, 1.165) is 21.7 Å². The third-order valence-corrected chi connectivity index (χ3v) is 7.31. The summed E-state index contributed by atoms with van der Waals surface area (Å²) in [6.45, 7) is 7.30. The molecule has 0 heterocycles. The maximum atomic E-state index is 2.78. The van der Waals surface area contributed by atoms with Gasteiger partial charge in [0.25, 0.3) is 0 Å². The monoisotopic (exact) mass is 390 g/mol. The van der Waals surface area contributed by atoms with E-state index < -0.39 is 0 Å². The minimum absolute atomic E-state index is 0.591. The zero-order valence-corrected chi connectivity index (χ0v) is 16.1. The standard InChI is InChI=1S/C19H35I/c1-4-12-19(2,3)14-16-13-17(16)18(20)11-10-15-8-6-5-7-9-15/h15-18H,4-14H2,1-3H3/t16-,17?,18-/m1/s1. The van der Waals surface area contributed by atoms with Gasteiger partial charge >= 0.3 is 0 Å². The molecule has 0 saturated heterocycles. The Hall–Kier alpha value is 0.730. The first-order valence-corrected chi connectivity index (χ1v) is 10.4. The summed E-state index contributed by atoms with van der Waals surface area (Å²) >= 11 is 2.78. The third-order valence-electron chi connectivity index (χ3n) is 5.76. The zero-order chi connectivity index (χ0) is 14.6. The van der Waals surface area contributed by atoms with Crippen molar-refractivity contribution < 1.29 is 0 Å². The molecule has 3 atom stereocenters. The highest BCUT2D eigenvalue weighted by molar-refractivity contribution is 14.1. The van der Waals surface area contributed by atoms with E-state index in [1.54, 1.807) is 0 Å². The first-order valence-electron chi connectivity index (χ1n) is 9.16. The van der Waals surface area contributed by atoms with Crippen LogP contribution in [-0.4, -0.2) is 3.92 Å². The van der Waals surface area contributed by atoms with Gasteiger partial charge < -0.3 is 0 Å². The Balaban J connectivity index is 1.63. The number of rotatable bonds is 8. The number of halogens is 1. The zero-order valence-electron chi connectivity index (χ0n) is 14.0. The molecule has 0 aromatic heterocycles. The average molecular weight is 390 g/mol. The summed E-state index contributed by atoms with van der Waals surface area (Å²) in [5.41, 5.74) is 0.591. The Morgan fingerprint density at radius 3 is 2.50 bits per heavy atom. The molecule has 2 aliphatic carbocycles. The fourth-order valence-electron chi connectivity index (χ4n) is 4.52. The third kappa shape index (κ3) is 5.50. The van der Waals surface area contributed by atoms with Crippen LogP contribution < -0.4 is 0 Å². The second-order valence-corrected chi connectivity index (χ2v) is 9.98. The average Bonchev–Trinajstić information content (AvgIpc) is 3.15. The Morgan fingerprint density at radius 2 is 1.85 bits per heavy atom. The molecule has 20 heavy (non-hydrogen) atoms. The molecule has 2 rings (SSSR count). The van der Waals surface area contributed by atoms with Crippen molar-refractivity contribution in [2.75, 3.05) is 0 Å². The molecule has 2 aliphatic rings. The summed E-state index contributed by atoms with van der Waals surface area (Å²) < 4.78 is 0.969. The highest BCUT2D eigenvalue weighted by Crippen LogP contribution is 2.52. The molecule has 0 bridgehead atoms. The van der Waals surface area contributed by atoms with Crippen LogP contribution in [-0.2, 0) is 0 Å². The lowest BCUT2D eigenvalue weighted by Crippen LogP contribution is -2.14. The van der Waals surface area contributed by atoms with Gasteiger partial charge in [0, 0.05) is 3.92 Å². The quantitative estimate of drug-likeness (QED) is 0.309. The topological polar surface area (TPSA) is 0 Å². The molecule has 1 unspecified atom stereocenters. The molecule has 0 radical (unpaired) electrons. The van der Waals surface area contributed by atoms with Crippen LogP contribution in [0.2, 0.25) is 0 Å². The van der Waals surface area contributed by atoms with Gasteiger partial charge in [-0.3, -0.25) is 0 Å². The smallest absolute Gasteiger partial charge is 0.0141 e. The summed E-state index contributed by atoms with van der Waals surface area (Å²) in [5.74, 6) is 3.20. The second kappa shape index (κ2) is 7.83. The van der Waals surface area contributed by atoms with Gasteiger partial charge in [0.05, 0.1) is 0 Å². The minimum Gasteiger partial charge on any atom is -0.0823 e. The molecule has 2 fully saturated rings. The molecule has 0 aromatic rings. The van der Waals surface area contributed by atoms with Crippen LogP contribution in [0.4, 0.5) is 0 Å². The van der Waals surface area contributed by atoms with Crippen molar-refractivity contribution in [2.24, 2.45) is 23.2 Å². The van der Waals surface area contributed by atoms with E-state index in [9.17, 15) is 0 Å². The van der Waals surface area contributed by atoms with Gasteiger partial charge in [-0.2, -0.15) is 0 Å². The first-order chi connectivity index (χ1) is 9.52. The molecule has 2 saturated carbocycles. The maximum absolute atomic E-state index is 2.78. The molecule has 1 heteroatoms. The lowest BCUT2D eigenvalue weighted by Gasteiger charge is -2.25. The second-order valence-electron chi connectivity index (χ2n) is 8.38. The van der Waals surface area contributed by atoms with Gasteiger partial charge in [-0.1, -0.05) is 81.9 Å². The van der Waals surface area contributed by atoms with Gasteiger partial charge in [-0.25, -0.2) is 0 Å². The first kappa shape index (κ1) is 17.1. The molecule has 0 aliphatic heterocycles. The van der Waals surface area contributed by atoms with Gasteiger partial charge in [-0.05, 0) is 55.3 Å². The van der Waals surface area contributed by atoms with Crippen molar-refractivity contribution in [2.45, 2.75) is 95.3 Å². The molecule has 0 aromatic carbocycles. The summed E-state index contributed by atoms with van der Waals surface area (Å²) in [4.78, 5) is 0. The van der Waals surface area contributed by atoms with Crippen molar-refractivity contribution in [3.8, 4) is 0 Å². The molecule has 0 nitrogen and oxygen atoms in total. The normalized spacial score (nSPS) is 29.4. The Morgan fingerprint density at radius 1 is 1.15 bits per heavy atom. The van der Waals surface area contributed by atoms with Crippen molar-refractivity contribution in [3.63, 3.8) is 0 Å². The highest BCUT2D eigenvalue weighted by Gasteiger charge is 2.43. The largest absolute Gasteiger partial charge is 0.0823 e. The number of hydrogen-bond donors (Lipinski definition) is 0. The van der Waals surface area contributed by atoms with E-state index >= 15 is 0 Å².